The van der Waals surface area contributed by atoms with Crippen LogP contribution in [0.1, 0.15) is 19.4 Å². The first-order valence-corrected chi connectivity index (χ1v) is 9.96. The average molecular weight is 378 g/mol. The third kappa shape index (κ3) is 3.27. The monoisotopic (exact) mass is 378 g/mol. The van der Waals surface area contributed by atoms with Crippen molar-refractivity contribution in [2.75, 3.05) is 0 Å². The molecule has 4 nitrogen and oxygen atoms in total. The van der Waals surface area contributed by atoms with Gasteiger partial charge in [0.15, 0.2) is 5.65 Å². The SMILES string of the molecule is CC(C)Cc1ccc(-c2cnc3c(-c4ccnc5ccccc45)cnn3c2)cc1. The second-order valence-electron chi connectivity index (χ2n) is 7.84. The van der Waals surface area contributed by atoms with Gasteiger partial charge in [-0.05, 0) is 41.2 Å². The van der Waals surface area contributed by atoms with Crippen LogP contribution >= 0.6 is 0 Å². The van der Waals surface area contributed by atoms with Crippen LogP contribution in [0.4, 0.5) is 0 Å². The van der Waals surface area contributed by atoms with E-state index in [0.29, 0.717) is 5.92 Å². The van der Waals surface area contributed by atoms with Crippen LogP contribution in [0.2, 0.25) is 0 Å². The molecule has 2 aromatic carbocycles. The Balaban J connectivity index is 1.55. The van der Waals surface area contributed by atoms with Crippen LogP contribution < -0.4 is 0 Å². The fourth-order valence-electron chi connectivity index (χ4n) is 3.85. The lowest BCUT2D eigenvalue weighted by Crippen LogP contribution is -1.95. The molecule has 0 amide bonds. The molecule has 0 aliphatic heterocycles. The minimum atomic E-state index is 0.658. The average Bonchev–Trinajstić information content (AvgIpc) is 3.16. The van der Waals surface area contributed by atoms with Crippen LogP contribution in [0.25, 0.3) is 38.8 Å². The Kier molecular flexibility index (Phi) is 4.32. The Morgan fingerprint density at radius 2 is 1.66 bits per heavy atom. The van der Waals surface area contributed by atoms with Crippen molar-refractivity contribution < 1.29 is 0 Å². The summed E-state index contributed by atoms with van der Waals surface area (Å²) in [6.07, 6.45) is 8.81. The molecule has 142 valence electrons. The summed E-state index contributed by atoms with van der Waals surface area (Å²) >= 11 is 0. The first-order valence-electron chi connectivity index (χ1n) is 9.96. The summed E-state index contributed by atoms with van der Waals surface area (Å²) in [6.45, 7) is 4.49. The predicted molar refractivity (Wildman–Crippen MR) is 118 cm³/mol. The number of fused-ring (bicyclic) bond motifs is 2. The van der Waals surface area contributed by atoms with Gasteiger partial charge in [0, 0.05) is 35.1 Å². The van der Waals surface area contributed by atoms with E-state index in [9.17, 15) is 0 Å². The Labute approximate surface area is 169 Å². The molecule has 5 aromatic rings. The molecule has 29 heavy (non-hydrogen) atoms. The van der Waals surface area contributed by atoms with Crippen LogP contribution in [0.5, 0.6) is 0 Å². The normalized spacial score (nSPS) is 11.6. The molecule has 0 N–H and O–H groups in total. The zero-order valence-electron chi connectivity index (χ0n) is 16.6. The second kappa shape index (κ2) is 7.13. The largest absolute Gasteiger partial charge is 0.256 e. The van der Waals surface area contributed by atoms with E-state index in [-0.39, 0.29) is 0 Å². The maximum absolute atomic E-state index is 4.75. The lowest BCUT2D eigenvalue weighted by Gasteiger charge is -2.07. The summed E-state index contributed by atoms with van der Waals surface area (Å²) in [5.41, 5.74) is 7.51. The molecule has 0 saturated heterocycles. The summed E-state index contributed by atoms with van der Waals surface area (Å²) in [5, 5.41) is 5.69. The summed E-state index contributed by atoms with van der Waals surface area (Å²) in [4.78, 5) is 9.21. The molecule has 0 fully saturated rings. The van der Waals surface area contributed by atoms with Gasteiger partial charge in [-0.1, -0.05) is 56.3 Å². The van der Waals surface area contributed by atoms with Gasteiger partial charge in [-0.25, -0.2) is 9.50 Å². The van der Waals surface area contributed by atoms with Crippen LogP contribution in [0, 0.1) is 5.92 Å². The van der Waals surface area contributed by atoms with Crippen molar-refractivity contribution in [3.8, 4) is 22.3 Å². The maximum atomic E-state index is 4.75. The number of hydrogen-bond acceptors (Lipinski definition) is 3. The highest BCUT2D eigenvalue weighted by Gasteiger charge is 2.12. The molecular weight excluding hydrogens is 356 g/mol. The van der Waals surface area contributed by atoms with E-state index < -0.39 is 0 Å². The van der Waals surface area contributed by atoms with Crippen molar-refractivity contribution in [2.45, 2.75) is 20.3 Å². The summed E-state index contributed by atoms with van der Waals surface area (Å²) < 4.78 is 1.86. The maximum Gasteiger partial charge on any atom is 0.162 e. The minimum absolute atomic E-state index is 0.658. The first-order chi connectivity index (χ1) is 14.2. The summed E-state index contributed by atoms with van der Waals surface area (Å²) in [5.74, 6) is 0.658. The molecule has 0 aliphatic carbocycles. The van der Waals surface area contributed by atoms with E-state index in [2.05, 4.69) is 54.3 Å². The Morgan fingerprint density at radius 1 is 0.828 bits per heavy atom. The van der Waals surface area contributed by atoms with Gasteiger partial charge in [0.1, 0.15) is 0 Å². The van der Waals surface area contributed by atoms with Gasteiger partial charge < -0.3 is 0 Å². The Hall–Kier alpha value is -3.53. The molecule has 0 unspecified atom stereocenters. The number of aromatic nitrogens is 4. The minimum Gasteiger partial charge on any atom is -0.256 e. The van der Waals surface area contributed by atoms with Crippen LogP contribution in [-0.4, -0.2) is 19.6 Å². The van der Waals surface area contributed by atoms with Crippen molar-refractivity contribution in [3.63, 3.8) is 0 Å². The van der Waals surface area contributed by atoms with Gasteiger partial charge in [0.25, 0.3) is 0 Å². The number of hydrogen-bond donors (Lipinski definition) is 0. The molecule has 3 aromatic heterocycles. The quantitative estimate of drug-likeness (QED) is 0.396. The molecule has 0 saturated carbocycles. The van der Waals surface area contributed by atoms with E-state index in [4.69, 9.17) is 4.98 Å². The summed E-state index contributed by atoms with van der Waals surface area (Å²) in [7, 11) is 0. The number of pyridine rings is 1. The molecule has 0 bridgehead atoms. The lowest BCUT2D eigenvalue weighted by atomic mass is 10.0. The van der Waals surface area contributed by atoms with Gasteiger partial charge in [0.05, 0.1) is 11.7 Å². The Bertz CT molecular complexity index is 1290. The highest BCUT2D eigenvalue weighted by molar-refractivity contribution is 5.97. The van der Waals surface area contributed by atoms with Crippen LogP contribution in [0.15, 0.2) is 79.4 Å². The lowest BCUT2D eigenvalue weighted by molar-refractivity contribution is 0.647. The molecule has 5 rings (SSSR count). The van der Waals surface area contributed by atoms with E-state index >= 15 is 0 Å². The molecule has 0 atom stereocenters. The van der Waals surface area contributed by atoms with Crippen molar-refractivity contribution in [3.05, 3.63) is 84.9 Å². The zero-order chi connectivity index (χ0) is 19.8. The topological polar surface area (TPSA) is 43.1 Å². The number of nitrogens with zero attached hydrogens (tertiary/aromatic N) is 4. The van der Waals surface area contributed by atoms with Gasteiger partial charge in [0.2, 0.25) is 0 Å². The fourth-order valence-corrected chi connectivity index (χ4v) is 3.85. The molecule has 4 heteroatoms. The van der Waals surface area contributed by atoms with E-state index in [1.54, 1.807) is 0 Å². The standard InChI is InChI=1S/C25H22N4/c1-17(2)13-18-7-9-19(10-8-18)20-14-27-25-23(15-28-29(25)16-20)21-11-12-26-24-6-4-3-5-22(21)24/h3-12,14-17H,13H2,1-2H3. The highest BCUT2D eigenvalue weighted by Crippen LogP contribution is 2.30. The molecular formula is C25H22N4. The van der Waals surface area contributed by atoms with Gasteiger partial charge in [-0.2, -0.15) is 5.10 Å². The second-order valence-corrected chi connectivity index (χ2v) is 7.84. The first kappa shape index (κ1) is 17.6. The van der Waals surface area contributed by atoms with Crippen molar-refractivity contribution in [1.82, 2.24) is 19.6 Å². The van der Waals surface area contributed by atoms with Gasteiger partial charge in [-0.3, -0.25) is 4.98 Å². The number of rotatable bonds is 4. The number of benzene rings is 2. The molecule has 3 heterocycles. The number of para-hydroxylation sites is 1. The predicted octanol–water partition coefficient (Wildman–Crippen LogP) is 5.81. The van der Waals surface area contributed by atoms with E-state index in [1.807, 2.05) is 53.6 Å². The molecule has 0 aliphatic rings. The third-order valence-corrected chi connectivity index (χ3v) is 5.23. The van der Waals surface area contributed by atoms with Gasteiger partial charge >= 0.3 is 0 Å². The van der Waals surface area contributed by atoms with Crippen LogP contribution in [0.3, 0.4) is 0 Å². The Morgan fingerprint density at radius 3 is 2.48 bits per heavy atom. The fraction of sp³-hybridized carbons (Fsp3) is 0.160. The van der Waals surface area contributed by atoms with Crippen molar-refractivity contribution in [1.29, 1.82) is 0 Å². The van der Waals surface area contributed by atoms with E-state index in [1.165, 1.54) is 5.56 Å². The van der Waals surface area contributed by atoms with Crippen molar-refractivity contribution >= 4 is 16.6 Å². The zero-order valence-corrected chi connectivity index (χ0v) is 16.6. The van der Waals surface area contributed by atoms with Crippen molar-refractivity contribution in [2.24, 2.45) is 5.92 Å². The smallest absolute Gasteiger partial charge is 0.162 e. The van der Waals surface area contributed by atoms with E-state index in [0.717, 1.165) is 45.2 Å². The van der Waals surface area contributed by atoms with Gasteiger partial charge in [-0.15, -0.1) is 0 Å². The molecule has 0 spiro atoms. The molecule has 0 radical (unpaired) electrons. The third-order valence-electron chi connectivity index (χ3n) is 5.23. The van der Waals surface area contributed by atoms with Crippen LogP contribution in [-0.2, 0) is 6.42 Å². The highest BCUT2D eigenvalue weighted by atomic mass is 15.2. The summed E-state index contributed by atoms with van der Waals surface area (Å²) in [6, 6.07) is 18.9.